The number of fused-ring (bicyclic) bond motifs is 1. The first-order valence-electron chi connectivity index (χ1n) is 12.8. The van der Waals surface area contributed by atoms with Gasteiger partial charge in [-0.15, -0.1) is 0 Å². The Morgan fingerprint density at radius 2 is 1.97 bits per heavy atom. The minimum Gasteiger partial charge on any atom is -0.354 e. The first-order valence-corrected chi connectivity index (χ1v) is 12.8. The summed E-state index contributed by atoms with van der Waals surface area (Å²) < 4.78 is 2.07. The zero-order valence-corrected chi connectivity index (χ0v) is 21.2. The Labute approximate surface area is 211 Å². The van der Waals surface area contributed by atoms with E-state index in [-0.39, 0.29) is 17.9 Å². The van der Waals surface area contributed by atoms with Gasteiger partial charge in [0.25, 0.3) is 5.91 Å². The van der Waals surface area contributed by atoms with Crippen LogP contribution in [0, 0.1) is 0 Å². The maximum absolute atomic E-state index is 12.7. The quantitative estimate of drug-likeness (QED) is 0.544. The normalized spacial score (nSPS) is 19.6. The number of nitrogens with zero attached hydrogens (tertiary/aromatic N) is 6. The first kappa shape index (κ1) is 24.2. The molecule has 4 heterocycles. The second-order valence-electron chi connectivity index (χ2n) is 9.71. The van der Waals surface area contributed by atoms with Crippen LogP contribution >= 0.6 is 0 Å². The van der Waals surface area contributed by atoms with Crippen LogP contribution in [0.15, 0.2) is 30.6 Å². The van der Waals surface area contributed by atoms with Crippen LogP contribution in [0.25, 0.3) is 11.0 Å². The number of hydrogen-bond donors (Lipinski definition) is 2. The molecule has 0 bridgehead atoms. The molecule has 0 aromatic carbocycles. The monoisotopic (exact) mass is 490 g/mol. The van der Waals surface area contributed by atoms with Gasteiger partial charge in [0.05, 0.1) is 11.9 Å². The van der Waals surface area contributed by atoms with Crippen molar-refractivity contribution in [2.75, 3.05) is 37.4 Å². The highest BCUT2D eigenvalue weighted by Crippen LogP contribution is 2.34. The van der Waals surface area contributed by atoms with Crippen LogP contribution in [0.2, 0.25) is 0 Å². The largest absolute Gasteiger partial charge is 0.354 e. The summed E-state index contributed by atoms with van der Waals surface area (Å²) in [7, 11) is 3.72. The average Bonchev–Trinajstić information content (AvgIpc) is 3.52. The predicted molar refractivity (Wildman–Crippen MR) is 140 cm³/mol. The van der Waals surface area contributed by atoms with E-state index in [9.17, 15) is 9.59 Å². The van der Waals surface area contributed by atoms with Gasteiger partial charge in [-0.1, -0.05) is 19.8 Å². The number of rotatable bonds is 6. The van der Waals surface area contributed by atoms with E-state index in [4.69, 9.17) is 4.98 Å². The summed E-state index contributed by atoms with van der Waals surface area (Å²) >= 11 is 0. The molecule has 2 fully saturated rings. The van der Waals surface area contributed by atoms with Crippen LogP contribution < -0.4 is 15.5 Å². The fourth-order valence-corrected chi connectivity index (χ4v) is 5.37. The van der Waals surface area contributed by atoms with Crippen LogP contribution in [0.1, 0.15) is 62.0 Å². The number of pyridine rings is 1. The van der Waals surface area contributed by atoms with Crippen molar-refractivity contribution in [1.82, 2.24) is 29.7 Å². The zero-order chi connectivity index (χ0) is 25.2. The standard InChI is InChI=1S/C26H34N8O2/c1-4-18-16-33(23(35)11-12-32(18)3)20-9-10-22(28-15-20)30-26-29-14-17-13-21(25(36)27-2)34(24(17)31-26)19-7-5-6-8-19/h9-10,13-15,18-19H,4-8,11-12,16H2,1-3H3,(H,27,36)(H,28,29,30,31)/t18-/m1/s1. The molecule has 10 heteroatoms. The van der Waals surface area contributed by atoms with E-state index in [2.05, 4.69) is 44.0 Å². The predicted octanol–water partition coefficient (Wildman–Crippen LogP) is 3.49. The van der Waals surface area contributed by atoms with Crippen LogP contribution in [-0.2, 0) is 4.79 Å². The van der Waals surface area contributed by atoms with E-state index in [1.165, 1.54) is 0 Å². The van der Waals surface area contributed by atoms with Crippen molar-refractivity contribution in [2.24, 2.45) is 0 Å². The molecule has 1 atom stereocenters. The number of anilines is 3. The summed E-state index contributed by atoms with van der Waals surface area (Å²) in [6.45, 7) is 3.58. The molecular formula is C26H34N8O2. The molecule has 1 aliphatic heterocycles. The molecular weight excluding hydrogens is 456 g/mol. The highest BCUT2D eigenvalue weighted by atomic mass is 16.2. The molecule has 0 spiro atoms. The summed E-state index contributed by atoms with van der Waals surface area (Å²) in [5.74, 6) is 1.01. The Bertz CT molecular complexity index is 1250. The van der Waals surface area contributed by atoms with Crippen molar-refractivity contribution in [2.45, 2.75) is 57.5 Å². The van der Waals surface area contributed by atoms with E-state index in [0.29, 0.717) is 36.5 Å². The fourth-order valence-electron chi connectivity index (χ4n) is 5.37. The summed E-state index contributed by atoms with van der Waals surface area (Å²) in [6, 6.07) is 6.20. The summed E-state index contributed by atoms with van der Waals surface area (Å²) in [5, 5.41) is 6.77. The fraction of sp³-hybridized carbons (Fsp3) is 0.500. The SMILES string of the molecule is CC[C@@H]1CN(c2ccc(Nc3ncc4cc(C(=O)NC)n(C5CCCC5)c4n3)nc2)C(=O)CCN1C. The first-order chi connectivity index (χ1) is 17.5. The van der Waals surface area contributed by atoms with Crippen molar-refractivity contribution in [3.05, 3.63) is 36.3 Å². The van der Waals surface area contributed by atoms with Crippen LogP contribution in [0.5, 0.6) is 0 Å². The molecule has 2 aliphatic rings. The van der Waals surface area contributed by atoms with E-state index < -0.39 is 0 Å². The molecule has 2 N–H and O–H groups in total. The third-order valence-corrected chi connectivity index (χ3v) is 7.49. The molecule has 1 saturated heterocycles. The number of likely N-dealkylation sites (N-methyl/N-ethyl adjacent to an activating group) is 1. The van der Waals surface area contributed by atoms with E-state index >= 15 is 0 Å². The van der Waals surface area contributed by atoms with Crippen molar-refractivity contribution < 1.29 is 9.59 Å². The molecule has 10 nitrogen and oxygen atoms in total. The van der Waals surface area contributed by atoms with Crippen LogP contribution in [0.4, 0.5) is 17.5 Å². The lowest BCUT2D eigenvalue weighted by molar-refractivity contribution is -0.118. The van der Waals surface area contributed by atoms with Gasteiger partial charge >= 0.3 is 0 Å². The summed E-state index contributed by atoms with van der Waals surface area (Å²) in [6.07, 6.45) is 9.32. The van der Waals surface area contributed by atoms with Gasteiger partial charge in [-0.25, -0.2) is 9.97 Å². The van der Waals surface area contributed by atoms with Gasteiger partial charge in [0.15, 0.2) is 0 Å². The minimum absolute atomic E-state index is 0.119. The van der Waals surface area contributed by atoms with E-state index in [1.54, 1.807) is 19.4 Å². The molecule has 0 radical (unpaired) electrons. The summed E-state index contributed by atoms with van der Waals surface area (Å²) in [4.78, 5) is 43.2. The smallest absolute Gasteiger partial charge is 0.267 e. The van der Waals surface area contributed by atoms with E-state index in [1.807, 2.05) is 23.1 Å². The molecule has 5 rings (SSSR count). The number of amides is 2. The highest BCUT2D eigenvalue weighted by Gasteiger charge is 2.27. The zero-order valence-electron chi connectivity index (χ0n) is 21.2. The van der Waals surface area contributed by atoms with Gasteiger partial charge < -0.3 is 25.0 Å². The minimum atomic E-state index is -0.119. The summed E-state index contributed by atoms with van der Waals surface area (Å²) in [5.41, 5.74) is 2.16. The van der Waals surface area contributed by atoms with Gasteiger partial charge in [0.2, 0.25) is 11.9 Å². The highest BCUT2D eigenvalue weighted by molar-refractivity contribution is 5.98. The molecule has 1 aliphatic carbocycles. The Morgan fingerprint density at radius 3 is 2.67 bits per heavy atom. The number of carbonyl (C=O) groups excluding carboxylic acids is 2. The number of nitrogens with one attached hydrogen (secondary N) is 2. The molecule has 2 amide bonds. The van der Waals surface area contributed by atoms with Crippen LogP contribution in [0.3, 0.4) is 0 Å². The van der Waals surface area contributed by atoms with E-state index in [0.717, 1.165) is 55.4 Å². The van der Waals surface area contributed by atoms with Crippen molar-refractivity contribution in [3.8, 4) is 0 Å². The topological polar surface area (TPSA) is 108 Å². The Balaban J connectivity index is 1.39. The molecule has 36 heavy (non-hydrogen) atoms. The lowest BCUT2D eigenvalue weighted by Gasteiger charge is -2.28. The lowest BCUT2D eigenvalue weighted by atomic mass is 10.2. The molecule has 190 valence electrons. The number of carbonyl (C=O) groups is 2. The third-order valence-electron chi connectivity index (χ3n) is 7.49. The molecule has 3 aromatic rings. The Morgan fingerprint density at radius 1 is 1.17 bits per heavy atom. The number of aromatic nitrogens is 4. The third kappa shape index (κ3) is 4.65. The Hall–Kier alpha value is -3.53. The van der Waals surface area contributed by atoms with Gasteiger partial charge in [0, 0.05) is 50.2 Å². The van der Waals surface area contributed by atoms with Gasteiger partial charge in [0.1, 0.15) is 17.2 Å². The van der Waals surface area contributed by atoms with Crippen LogP contribution in [-0.4, -0.2) is 69.5 Å². The second kappa shape index (κ2) is 10.2. The van der Waals surface area contributed by atoms with Gasteiger partial charge in [-0.3, -0.25) is 9.59 Å². The maximum atomic E-state index is 12.7. The van der Waals surface area contributed by atoms with Gasteiger partial charge in [-0.2, -0.15) is 4.98 Å². The Kier molecular flexibility index (Phi) is 6.86. The lowest BCUT2D eigenvalue weighted by Crippen LogP contribution is -2.39. The van der Waals surface area contributed by atoms with Crippen molar-refractivity contribution in [1.29, 1.82) is 0 Å². The number of hydrogen-bond acceptors (Lipinski definition) is 7. The average molecular weight is 491 g/mol. The molecule has 1 saturated carbocycles. The molecule has 0 unspecified atom stereocenters. The molecule has 3 aromatic heterocycles. The van der Waals surface area contributed by atoms with Crippen molar-refractivity contribution in [3.63, 3.8) is 0 Å². The van der Waals surface area contributed by atoms with Crippen molar-refractivity contribution >= 4 is 40.3 Å². The maximum Gasteiger partial charge on any atom is 0.267 e. The second-order valence-corrected chi connectivity index (χ2v) is 9.71. The van der Waals surface area contributed by atoms with Gasteiger partial charge in [-0.05, 0) is 44.5 Å².